The van der Waals surface area contributed by atoms with Crippen molar-refractivity contribution in [2.45, 2.75) is 72.8 Å². The van der Waals surface area contributed by atoms with Crippen LogP contribution in [0.1, 0.15) is 94.3 Å². The van der Waals surface area contributed by atoms with E-state index in [2.05, 4.69) is 0 Å². The Bertz CT molecular complexity index is 6630. The molecule has 1 aliphatic carbocycles. The number of benzene rings is 9. The van der Waals surface area contributed by atoms with Gasteiger partial charge in [0.25, 0.3) is 5.79 Å². The molecule has 9 aromatic rings. The fourth-order valence-electron chi connectivity index (χ4n) is 14.7. The number of fused-ring (bicyclic) bond motifs is 4. The number of cyclic esters (lactones) is 1. The molecule has 2 saturated heterocycles. The van der Waals surface area contributed by atoms with Gasteiger partial charge in [-0.05, 0) is 78.9 Å². The third-order valence-electron chi connectivity index (χ3n) is 21.3. The number of hydrogen-bond donors (Lipinski definition) is 28. The number of rotatable bonds is 15. The molecule has 0 saturated carbocycles. The number of carbonyl (C=O) groups is 11. The van der Waals surface area contributed by atoms with E-state index in [1.165, 1.54) is 0 Å². The molecule has 6 aliphatic rings. The molecule has 704 valence electrons. The van der Waals surface area contributed by atoms with Crippen molar-refractivity contribution in [1.82, 2.24) is 0 Å². The fourth-order valence-corrected chi connectivity index (χ4v) is 14.7. The number of ether oxygens (including phenoxy) is 14. The van der Waals surface area contributed by atoms with Gasteiger partial charge in [-0.3, -0.25) is 9.59 Å². The van der Waals surface area contributed by atoms with Crippen LogP contribution in [0.2, 0.25) is 0 Å². The van der Waals surface area contributed by atoms with E-state index in [1.807, 2.05) is 0 Å². The molecule has 0 aromatic heterocycles. The second-order valence-electron chi connectivity index (χ2n) is 29.6. The summed E-state index contributed by atoms with van der Waals surface area (Å²) in [6.45, 7) is -3.29. The summed E-state index contributed by atoms with van der Waals surface area (Å²) in [4.78, 5) is 163. The normalized spacial score (nSPS) is 21.8. The van der Waals surface area contributed by atoms with Crippen LogP contribution in [-0.2, 0) is 66.5 Å². The van der Waals surface area contributed by atoms with Crippen molar-refractivity contribution in [3.8, 4) is 178 Å². The Labute approximate surface area is 741 Å². The third-order valence-corrected chi connectivity index (χ3v) is 21.3. The zero-order valence-electron chi connectivity index (χ0n) is 66.2. The van der Waals surface area contributed by atoms with E-state index >= 15 is 24.0 Å². The first-order chi connectivity index (χ1) is 63.4. The number of phenolic OH excluding ortho intramolecular Hbond substituents is 25. The predicted molar refractivity (Wildman–Crippen MR) is 412 cm³/mol. The summed E-state index contributed by atoms with van der Waals surface area (Å²) in [5, 5.41) is 307. The Morgan fingerprint density at radius 3 is 1.30 bits per heavy atom. The van der Waals surface area contributed by atoms with E-state index in [4.69, 9.17) is 66.3 Å². The highest BCUT2D eigenvalue weighted by atomic mass is 16.8. The van der Waals surface area contributed by atoms with Crippen molar-refractivity contribution in [2.75, 3.05) is 13.2 Å². The first-order valence-electron chi connectivity index (χ1n) is 37.5. The molecule has 12 atom stereocenters. The van der Waals surface area contributed by atoms with Crippen LogP contribution in [0.3, 0.4) is 0 Å². The number of aliphatic hydroxyl groups is 3. The number of hydrogen-bond acceptors (Lipinski definition) is 53. The Morgan fingerprint density at radius 2 is 0.793 bits per heavy atom. The second kappa shape index (κ2) is 33.2. The Balaban J connectivity index is 0.867. The molecule has 5 aliphatic heterocycles. The average Bonchev–Trinajstić information content (AvgIpc) is 1.40. The van der Waals surface area contributed by atoms with Crippen molar-refractivity contribution in [1.29, 1.82) is 0 Å². The Morgan fingerprint density at radius 1 is 0.378 bits per heavy atom. The summed E-state index contributed by atoms with van der Waals surface area (Å²) in [5.74, 6) is -78.9. The van der Waals surface area contributed by atoms with Gasteiger partial charge in [-0.1, -0.05) is 0 Å². The largest absolute Gasteiger partial charge is 0.504 e. The molecular formula is C82H58O53. The quantitative estimate of drug-likeness (QED) is 0.0224. The Kier molecular flexibility index (Phi) is 22.4. The summed E-state index contributed by atoms with van der Waals surface area (Å²) >= 11 is 0. The van der Waals surface area contributed by atoms with Crippen molar-refractivity contribution < 1.29 is 262 Å². The van der Waals surface area contributed by atoms with Crippen molar-refractivity contribution in [3.05, 3.63) is 147 Å². The molecule has 9 aromatic carbocycles. The molecular weight excluding hydrogens is 1830 g/mol. The molecule has 0 radical (unpaired) electrons. The molecule has 28 N–H and O–H groups in total. The number of ketones is 1. The molecule has 5 heterocycles. The van der Waals surface area contributed by atoms with Gasteiger partial charge >= 0.3 is 65.5 Å². The summed E-state index contributed by atoms with van der Waals surface area (Å²) < 4.78 is 79.4. The van der Waals surface area contributed by atoms with Crippen LogP contribution in [0, 0.1) is 5.92 Å². The summed E-state index contributed by atoms with van der Waals surface area (Å²) in [7, 11) is 0. The molecule has 0 amide bonds. The van der Waals surface area contributed by atoms with E-state index < -0.39 is 391 Å². The average molecular weight is 1890 g/mol. The number of phenols is 25. The molecule has 15 rings (SSSR count). The van der Waals surface area contributed by atoms with Crippen LogP contribution in [0.15, 0.2) is 96.6 Å². The SMILES string of the molecule is O=C1O[C@H]2[C@@H]3OC(=O)c4cc(O)c(O)c(O)c4-c4c(cc(O)c(Oc5c(C(=O)O[C@H]6O[C@H](COC(=O)c7cc(O)c(O)c(O)c7)[C@H](OC(=O)c7cc(O)c(O)c(O)c7)[C@@H](OC(=O)c7cc(O)c(O)c(O)c7)[C@@H]6OC(=O)c6cc(O)c(O)c(O)c6)cc(O)c(O)c5O)c4O)C(=O)OC[C@H]2O[C@@H](OC(=O)c2cc(O)c(O)c(O)c2)[C@@H]3C(=O)Oc2cc(O)c(O)c3c2[C@@H]2C1=CC(=O)[C@@](O)(O3)C2(O)O. The monoisotopic (exact) mass is 1890 g/mol. The zero-order chi connectivity index (χ0) is 98.3. The maximum absolute atomic E-state index is 15.7. The van der Waals surface area contributed by atoms with Crippen LogP contribution in [-0.4, -0.2) is 289 Å². The van der Waals surface area contributed by atoms with E-state index in [0.29, 0.717) is 66.7 Å². The highest BCUT2D eigenvalue weighted by molar-refractivity contribution is 6.10. The molecule has 135 heavy (non-hydrogen) atoms. The molecule has 2 fully saturated rings. The standard InChI is InChI=1S/C82H58O53/c83-27-1-18(2-28(84)50(27)98)69(109)122-16-43-64(128-70(110)19-3-29(85)51(99)30(86)4-19)67(131-71(111)20-5-31(87)52(100)32(88)6-20)68(132-72(112)21-7-33(89)53(101)34(90)8-21)80(126-43)134-77(117)26-13-38(94)56(104)60(108)61(26)127-62-40(96)12-23-46(59(62)107)45-24(11-37(93)55(103)58(45)106)75(115)130-66-48-78(118)124-41-15-39(95)57(105)65-47(41)49-25(14-44(97)82(121,135-65)81(49,119)120)76(116)129-63(66)42(17-123-74(23)114)125-79(48)133-73(113)22-9-35(91)54(102)36(92)10-22/h1-15,42-43,48-49,63-64,66-68,79-80,83-96,98-108,119-121H,16-17H2/t42-,43-,48+,49+,63-,64+,66-,67-,68+,79+,80-,82-/m1/s1. The minimum absolute atomic E-state index is 0.0444. The molecule has 0 unspecified atom stereocenters. The van der Waals surface area contributed by atoms with Gasteiger partial charge in [-0.15, -0.1) is 0 Å². The maximum Gasteiger partial charge on any atom is 0.344 e. The predicted octanol–water partition coefficient (Wildman–Crippen LogP) is 0.981. The summed E-state index contributed by atoms with van der Waals surface area (Å²) in [6.07, 6.45) is -25.8. The van der Waals surface area contributed by atoms with E-state index in [-0.39, 0.29) is 24.3 Å². The lowest BCUT2D eigenvalue weighted by molar-refractivity contribution is -0.339. The number of aromatic hydroxyl groups is 25. The number of carbonyl (C=O) groups excluding carboxylic acids is 11. The van der Waals surface area contributed by atoms with Gasteiger partial charge in [0.2, 0.25) is 53.2 Å². The topological polar surface area (TPSA) is 883 Å². The van der Waals surface area contributed by atoms with Gasteiger partial charge < -0.3 is 209 Å². The summed E-state index contributed by atoms with van der Waals surface area (Å²) in [5.41, 5.74) is -15.5. The molecule has 6 bridgehead atoms. The van der Waals surface area contributed by atoms with Crippen molar-refractivity contribution >= 4 is 65.5 Å². The fraction of sp³-hybridized carbons (Fsp3) is 0.183. The van der Waals surface area contributed by atoms with Gasteiger partial charge in [0.05, 0.1) is 56.0 Å². The number of esters is 10. The van der Waals surface area contributed by atoms with Crippen LogP contribution in [0.5, 0.6) is 167 Å². The minimum Gasteiger partial charge on any atom is -0.504 e. The lowest BCUT2D eigenvalue weighted by Gasteiger charge is -2.49. The van der Waals surface area contributed by atoms with Gasteiger partial charge in [0.15, 0.2) is 163 Å². The van der Waals surface area contributed by atoms with Crippen molar-refractivity contribution in [2.24, 2.45) is 5.92 Å². The second-order valence-corrected chi connectivity index (χ2v) is 29.6. The zero-order valence-corrected chi connectivity index (χ0v) is 66.2. The maximum atomic E-state index is 15.7. The molecule has 53 nitrogen and oxygen atoms in total. The van der Waals surface area contributed by atoms with Crippen LogP contribution in [0.4, 0.5) is 0 Å². The summed E-state index contributed by atoms with van der Waals surface area (Å²) in [6, 6.07) is 4.57. The molecule has 53 heteroatoms. The smallest absolute Gasteiger partial charge is 0.344 e. The van der Waals surface area contributed by atoms with Gasteiger partial charge in [0.1, 0.15) is 36.7 Å². The lowest BCUT2D eigenvalue weighted by atomic mass is 9.71. The van der Waals surface area contributed by atoms with Gasteiger partial charge in [-0.2, -0.15) is 0 Å². The first kappa shape index (κ1) is 91.2. The molecule has 0 spiro atoms. The van der Waals surface area contributed by atoms with Crippen LogP contribution in [0.25, 0.3) is 11.1 Å². The van der Waals surface area contributed by atoms with Crippen LogP contribution >= 0.6 is 0 Å². The minimum atomic E-state index is -4.17. The van der Waals surface area contributed by atoms with Gasteiger partial charge in [0, 0.05) is 23.3 Å². The highest BCUT2D eigenvalue weighted by Gasteiger charge is 2.71. The van der Waals surface area contributed by atoms with E-state index in [0.717, 1.165) is 0 Å². The van der Waals surface area contributed by atoms with Gasteiger partial charge in [-0.25, -0.2) is 43.2 Å². The van der Waals surface area contributed by atoms with E-state index in [9.17, 15) is 172 Å². The van der Waals surface area contributed by atoms with Crippen LogP contribution < -0.4 is 14.2 Å². The third kappa shape index (κ3) is 15.5. The first-order valence-corrected chi connectivity index (χ1v) is 37.5. The highest BCUT2D eigenvalue weighted by Crippen LogP contribution is 2.62. The lowest BCUT2D eigenvalue weighted by Crippen LogP contribution is -2.70. The van der Waals surface area contributed by atoms with E-state index in [1.54, 1.807) is 0 Å². The Hall–Kier alpha value is -18.5. The van der Waals surface area contributed by atoms with Crippen molar-refractivity contribution in [3.63, 3.8) is 0 Å².